The number of nitrogens with one attached hydrogen (secondary N) is 1. The van der Waals surface area contributed by atoms with Crippen LogP contribution in [-0.2, 0) is 0 Å². The van der Waals surface area contributed by atoms with Crippen LogP contribution >= 0.6 is 0 Å². The molecule has 0 aliphatic rings. The molecule has 0 spiro atoms. The second-order valence-corrected chi connectivity index (χ2v) is 3.88. The van der Waals surface area contributed by atoms with Crippen molar-refractivity contribution in [3.8, 4) is 12.1 Å². The molecule has 0 aliphatic heterocycles. The summed E-state index contributed by atoms with van der Waals surface area (Å²) < 4.78 is 0. The van der Waals surface area contributed by atoms with E-state index in [0.29, 0.717) is 11.1 Å². The highest BCUT2D eigenvalue weighted by Crippen LogP contribution is 2.06. The molecule has 80 valence electrons. The van der Waals surface area contributed by atoms with Crippen LogP contribution < -0.4 is 5.32 Å². The maximum atomic E-state index is 11.7. The fraction of sp³-hybridized carbons (Fsp3) is 0.250. The molecule has 4 heteroatoms. The number of carbonyl (C=O) groups excluding carboxylic acids is 1. The molecule has 0 aromatic heterocycles. The Morgan fingerprint density at radius 3 is 2.25 bits per heavy atom. The Bertz CT molecular complexity index is 474. The lowest BCUT2D eigenvalue weighted by Gasteiger charge is -2.17. The van der Waals surface area contributed by atoms with Gasteiger partial charge in [-0.1, -0.05) is 0 Å². The van der Waals surface area contributed by atoms with Crippen molar-refractivity contribution >= 4 is 5.91 Å². The van der Waals surface area contributed by atoms with E-state index in [-0.39, 0.29) is 5.91 Å². The standard InChI is InChI=1S/C12H11N3O/c1-12(2,8-14)15-11(16)10-5-3-9(7-13)4-6-10/h3-6H,1-2H3,(H,15,16). The molecular weight excluding hydrogens is 202 g/mol. The summed E-state index contributed by atoms with van der Waals surface area (Å²) in [7, 11) is 0. The van der Waals surface area contributed by atoms with Crippen LogP contribution in [0, 0.1) is 22.7 Å². The van der Waals surface area contributed by atoms with Crippen molar-refractivity contribution in [2.45, 2.75) is 19.4 Å². The van der Waals surface area contributed by atoms with Crippen molar-refractivity contribution in [2.24, 2.45) is 0 Å². The lowest BCUT2D eigenvalue weighted by atomic mass is 10.1. The summed E-state index contributed by atoms with van der Waals surface area (Å²) in [6, 6.07) is 10.2. The van der Waals surface area contributed by atoms with Crippen molar-refractivity contribution in [3.63, 3.8) is 0 Å². The minimum absolute atomic E-state index is 0.323. The predicted molar refractivity (Wildman–Crippen MR) is 58.3 cm³/mol. The van der Waals surface area contributed by atoms with E-state index < -0.39 is 5.54 Å². The summed E-state index contributed by atoms with van der Waals surface area (Å²) in [6.45, 7) is 3.24. The minimum Gasteiger partial charge on any atom is -0.334 e. The first-order chi connectivity index (χ1) is 7.48. The van der Waals surface area contributed by atoms with Crippen LogP contribution in [0.2, 0.25) is 0 Å². The minimum atomic E-state index is -0.898. The van der Waals surface area contributed by atoms with Crippen LogP contribution in [0.3, 0.4) is 0 Å². The Balaban J connectivity index is 2.83. The molecule has 1 rings (SSSR count). The van der Waals surface area contributed by atoms with Gasteiger partial charge in [0.05, 0.1) is 17.7 Å². The number of nitriles is 2. The molecule has 0 radical (unpaired) electrons. The third-order valence-electron chi connectivity index (χ3n) is 1.98. The normalized spacial score (nSPS) is 10.0. The van der Waals surface area contributed by atoms with Gasteiger partial charge in [0, 0.05) is 5.56 Å². The average Bonchev–Trinajstić information content (AvgIpc) is 2.28. The highest BCUT2D eigenvalue weighted by molar-refractivity contribution is 5.94. The highest BCUT2D eigenvalue weighted by Gasteiger charge is 2.19. The molecule has 1 aromatic carbocycles. The van der Waals surface area contributed by atoms with E-state index in [9.17, 15) is 4.79 Å². The summed E-state index contributed by atoms with van der Waals surface area (Å²) in [6.07, 6.45) is 0. The molecule has 0 saturated heterocycles. The Kier molecular flexibility index (Phi) is 3.27. The first-order valence-electron chi connectivity index (χ1n) is 4.72. The topological polar surface area (TPSA) is 76.7 Å². The van der Waals surface area contributed by atoms with E-state index in [1.54, 1.807) is 38.1 Å². The molecule has 0 bridgehead atoms. The molecule has 0 heterocycles. The van der Waals surface area contributed by atoms with E-state index in [2.05, 4.69) is 5.32 Å². The molecule has 1 N–H and O–H groups in total. The van der Waals surface area contributed by atoms with Gasteiger partial charge in [0.15, 0.2) is 0 Å². The number of rotatable bonds is 2. The van der Waals surface area contributed by atoms with Gasteiger partial charge in [0.2, 0.25) is 0 Å². The summed E-state index contributed by atoms with van der Waals surface area (Å²) in [5, 5.41) is 19.9. The second kappa shape index (κ2) is 4.46. The van der Waals surface area contributed by atoms with Crippen LogP contribution in [0.1, 0.15) is 29.8 Å². The molecule has 1 aromatic rings. The first-order valence-corrected chi connectivity index (χ1v) is 4.72. The van der Waals surface area contributed by atoms with Crippen LogP contribution in [0.25, 0.3) is 0 Å². The number of nitrogens with zero attached hydrogens (tertiary/aromatic N) is 2. The lowest BCUT2D eigenvalue weighted by molar-refractivity contribution is 0.0929. The molecule has 1 amide bonds. The number of hydrogen-bond donors (Lipinski definition) is 1. The van der Waals surface area contributed by atoms with Crippen molar-refractivity contribution < 1.29 is 4.79 Å². The zero-order valence-electron chi connectivity index (χ0n) is 9.11. The van der Waals surface area contributed by atoms with Crippen molar-refractivity contribution in [3.05, 3.63) is 35.4 Å². The quantitative estimate of drug-likeness (QED) is 0.810. The summed E-state index contributed by atoms with van der Waals surface area (Å²) >= 11 is 0. The molecule has 0 saturated carbocycles. The Hall–Kier alpha value is -2.33. The zero-order chi connectivity index (χ0) is 12.2. The van der Waals surface area contributed by atoms with Gasteiger partial charge < -0.3 is 5.32 Å². The van der Waals surface area contributed by atoms with Gasteiger partial charge in [-0.15, -0.1) is 0 Å². The van der Waals surface area contributed by atoms with Crippen molar-refractivity contribution in [2.75, 3.05) is 0 Å². The summed E-state index contributed by atoms with van der Waals surface area (Å²) in [5.74, 6) is -0.323. The van der Waals surface area contributed by atoms with Gasteiger partial charge in [-0.25, -0.2) is 0 Å². The Morgan fingerprint density at radius 2 is 1.81 bits per heavy atom. The molecule has 0 aliphatic carbocycles. The summed E-state index contributed by atoms with van der Waals surface area (Å²) in [5.41, 5.74) is 0.0313. The second-order valence-electron chi connectivity index (χ2n) is 3.88. The van der Waals surface area contributed by atoms with Gasteiger partial charge in [0.25, 0.3) is 5.91 Å². The number of benzene rings is 1. The Labute approximate surface area is 94.1 Å². The zero-order valence-corrected chi connectivity index (χ0v) is 9.11. The van der Waals surface area contributed by atoms with Gasteiger partial charge in [-0.2, -0.15) is 10.5 Å². The largest absolute Gasteiger partial charge is 0.334 e. The Morgan fingerprint density at radius 1 is 1.25 bits per heavy atom. The van der Waals surface area contributed by atoms with Crippen molar-refractivity contribution in [1.29, 1.82) is 10.5 Å². The monoisotopic (exact) mass is 213 g/mol. The van der Waals surface area contributed by atoms with Crippen LogP contribution in [0.4, 0.5) is 0 Å². The average molecular weight is 213 g/mol. The molecule has 0 atom stereocenters. The molecular formula is C12H11N3O. The van der Waals surface area contributed by atoms with Gasteiger partial charge in [-0.3, -0.25) is 4.79 Å². The number of carbonyl (C=O) groups is 1. The maximum Gasteiger partial charge on any atom is 0.252 e. The van der Waals surface area contributed by atoms with Crippen LogP contribution in [0.15, 0.2) is 24.3 Å². The van der Waals surface area contributed by atoms with E-state index in [0.717, 1.165) is 0 Å². The maximum absolute atomic E-state index is 11.7. The third-order valence-corrected chi connectivity index (χ3v) is 1.98. The molecule has 0 unspecified atom stereocenters. The smallest absolute Gasteiger partial charge is 0.252 e. The van der Waals surface area contributed by atoms with Crippen LogP contribution in [0.5, 0.6) is 0 Å². The number of amides is 1. The summed E-state index contributed by atoms with van der Waals surface area (Å²) in [4.78, 5) is 11.7. The van der Waals surface area contributed by atoms with E-state index in [4.69, 9.17) is 10.5 Å². The predicted octanol–water partition coefficient (Wildman–Crippen LogP) is 1.59. The number of hydrogen-bond acceptors (Lipinski definition) is 3. The lowest BCUT2D eigenvalue weighted by Crippen LogP contribution is -2.42. The first kappa shape index (κ1) is 11.7. The van der Waals surface area contributed by atoms with E-state index in [1.165, 1.54) is 0 Å². The van der Waals surface area contributed by atoms with E-state index in [1.807, 2.05) is 12.1 Å². The molecule has 16 heavy (non-hydrogen) atoms. The highest BCUT2D eigenvalue weighted by atomic mass is 16.1. The van der Waals surface area contributed by atoms with Crippen LogP contribution in [-0.4, -0.2) is 11.4 Å². The van der Waals surface area contributed by atoms with E-state index >= 15 is 0 Å². The third kappa shape index (κ3) is 2.83. The molecule has 0 fully saturated rings. The van der Waals surface area contributed by atoms with Gasteiger partial charge in [0.1, 0.15) is 5.54 Å². The fourth-order valence-electron chi connectivity index (χ4n) is 1.08. The fourth-order valence-corrected chi connectivity index (χ4v) is 1.08. The van der Waals surface area contributed by atoms with Gasteiger partial charge >= 0.3 is 0 Å². The van der Waals surface area contributed by atoms with Crippen molar-refractivity contribution in [1.82, 2.24) is 5.32 Å². The molecule has 4 nitrogen and oxygen atoms in total. The SMILES string of the molecule is CC(C)(C#N)NC(=O)c1ccc(C#N)cc1. The van der Waals surface area contributed by atoms with Gasteiger partial charge in [-0.05, 0) is 38.1 Å².